The third kappa shape index (κ3) is 4.15. The van der Waals surface area contributed by atoms with Crippen LogP contribution in [0.25, 0.3) is 0 Å². The van der Waals surface area contributed by atoms with Crippen molar-refractivity contribution in [2.75, 3.05) is 27.2 Å². The lowest BCUT2D eigenvalue weighted by atomic mass is 10.1. The van der Waals surface area contributed by atoms with Gasteiger partial charge >= 0.3 is 0 Å². The topological polar surface area (TPSA) is 32.3 Å². The monoisotopic (exact) mass is 238 g/mol. The average molecular weight is 238 g/mol. The van der Waals surface area contributed by atoms with Gasteiger partial charge < -0.3 is 10.2 Å². The number of carbonyl (C=O) groups is 1. The van der Waals surface area contributed by atoms with Crippen LogP contribution < -0.4 is 5.32 Å². The van der Waals surface area contributed by atoms with E-state index in [1.54, 1.807) is 24.9 Å². The lowest BCUT2D eigenvalue weighted by molar-refractivity contribution is 0.0793. The molecule has 0 radical (unpaired) electrons. The van der Waals surface area contributed by atoms with Crippen molar-refractivity contribution in [3.05, 3.63) is 35.1 Å². The lowest BCUT2D eigenvalue weighted by Crippen LogP contribution is -2.29. The molecule has 1 amide bonds. The minimum atomic E-state index is -0.364. The Kier molecular flexibility index (Phi) is 5.10. The highest BCUT2D eigenvalue weighted by molar-refractivity contribution is 5.94. The molecule has 0 aliphatic rings. The van der Waals surface area contributed by atoms with E-state index >= 15 is 0 Å². The lowest BCUT2D eigenvalue weighted by Gasteiger charge is -2.17. The number of aryl methyl sites for hydroxylation is 1. The second kappa shape index (κ2) is 6.35. The Morgan fingerprint density at radius 2 is 2.12 bits per heavy atom. The van der Waals surface area contributed by atoms with Crippen molar-refractivity contribution in [2.45, 2.75) is 13.3 Å². The molecular formula is C13H19FN2O. The molecule has 0 spiro atoms. The molecule has 0 heterocycles. The maximum absolute atomic E-state index is 13.2. The molecule has 0 bridgehead atoms. The molecule has 1 N–H and O–H groups in total. The van der Waals surface area contributed by atoms with Gasteiger partial charge in [0.15, 0.2) is 0 Å². The number of benzene rings is 1. The molecular weight excluding hydrogens is 219 g/mol. The Balaban J connectivity index is 2.68. The number of rotatable bonds is 5. The summed E-state index contributed by atoms with van der Waals surface area (Å²) in [5, 5.41) is 3.02. The van der Waals surface area contributed by atoms with Gasteiger partial charge in [-0.1, -0.05) is 0 Å². The summed E-state index contributed by atoms with van der Waals surface area (Å²) >= 11 is 0. The largest absolute Gasteiger partial charge is 0.342 e. The molecule has 1 aromatic carbocycles. The highest BCUT2D eigenvalue weighted by Crippen LogP contribution is 2.10. The van der Waals surface area contributed by atoms with Crippen LogP contribution in [-0.2, 0) is 0 Å². The molecule has 0 unspecified atom stereocenters. The third-order valence-electron chi connectivity index (χ3n) is 2.56. The molecule has 0 aliphatic carbocycles. The van der Waals surface area contributed by atoms with Crippen LogP contribution in [0.5, 0.6) is 0 Å². The molecule has 0 aromatic heterocycles. The van der Waals surface area contributed by atoms with Gasteiger partial charge in [-0.3, -0.25) is 4.79 Å². The van der Waals surface area contributed by atoms with Gasteiger partial charge in [0.1, 0.15) is 5.82 Å². The standard InChI is InChI=1S/C13H19FN2O/c1-10-7-11(9-12(14)8-10)13(17)16(3)6-4-5-15-2/h7-9,15H,4-6H2,1-3H3. The van der Waals surface area contributed by atoms with Crippen LogP contribution in [-0.4, -0.2) is 38.0 Å². The quantitative estimate of drug-likeness (QED) is 0.794. The third-order valence-corrected chi connectivity index (χ3v) is 2.56. The van der Waals surface area contributed by atoms with Crippen molar-refractivity contribution in [2.24, 2.45) is 0 Å². The van der Waals surface area contributed by atoms with Crippen molar-refractivity contribution in [3.63, 3.8) is 0 Å². The second-order valence-corrected chi connectivity index (χ2v) is 4.20. The molecule has 1 rings (SSSR count). The fraction of sp³-hybridized carbons (Fsp3) is 0.462. The van der Waals surface area contributed by atoms with Gasteiger partial charge in [0, 0.05) is 19.2 Å². The first-order valence-corrected chi connectivity index (χ1v) is 5.72. The van der Waals surface area contributed by atoms with Crippen molar-refractivity contribution in [1.29, 1.82) is 0 Å². The van der Waals surface area contributed by atoms with Crippen molar-refractivity contribution in [3.8, 4) is 0 Å². The number of nitrogens with one attached hydrogen (secondary N) is 1. The summed E-state index contributed by atoms with van der Waals surface area (Å²) in [6.07, 6.45) is 0.882. The zero-order valence-electron chi connectivity index (χ0n) is 10.6. The smallest absolute Gasteiger partial charge is 0.253 e. The Morgan fingerprint density at radius 1 is 1.41 bits per heavy atom. The maximum Gasteiger partial charge on any atom is 0.253 e. The number of carbonyl (C=O) groups excluding carboxylic acids is 1. The molecule has 0 atom stereocenters. The summed E-state index contributed by atoms with van der Waals surface area (Å²) in [4.78, 5) is 13.6. The highest BCUT2D eigenvalue weighted by Gasteiger charge is 2.12. The van der Waals surface area contributed by atoms with Crippen LogP contribution in [0.1, 0.15) is 22.3 Å². The van der Waals surface area contributed by atoms with E-state index in [0.29, 0.717) is 12.1 Å². The Hall–Kier alpha value is -1.42. The summed E-state index contributed by atoms with van der Waals surface area (Å²) in [7, 11) is 3.61. The van der Waals surface area contributed by atoms with Gasteiger partial charge in [-0.15, -0.1) is 0 Å². The highest BCUT2D eigenvalue weighted by atomic mass is 19.1. The zero-order chi connectivity index (χ0) is 12.8. The van der Waals surface area contributed by atoms with E-state index < -0.39 is 0 Å². The second-order valence-electron chi connectivity index (χ2n) is 4.20. The van der Waals surface area contributed by atoms with Gasteiger partial charge in [0.25, 0.3) is 5.91 Å². The Bertz CT molecular complexity index is 373. The number of nitrogens with zero attached hydrogens (tertiary/aromatic N) is 1. The Labute approximate surface area is 102 Å². The first kappa shape index (κ1) is 13.6. The Morgan fingerprint density at radius 3 is 2.71 bits per heavy atom. The first-order chi connectivity index (χ1) is 8.04. The SMILES string of the molecule is CNCCCN(C)C(=O)c1cc(C)cc(F)c1. The van der Waals surface area contributed by atoms with Crippen LogP contribution in [0, 0.1) is 12.7 Å². The minimum absolute atomic E-state index is 0.135. The predicted octanol–water partition coefficient (Wildman–Crippen LogP) is 1.82. The van der Waals surface area contributed by atoms with Crippen LogP contribution in [0.15, 0.2) is 18.2 Å². The van der Waals surface area contributed by atoms with Gasteiger partial charge in [0.05, 0.1) is 0 Å². The number of hydrogen-bond acceptors (Lipinski definition) is 2. The average Bonchev–Trinajstić information content (AvgIpc) is 2.27. The summed E-state index contributed by atoms with van der Waals surface area (Å²) in [6, 6.07) is 4.40. The first-order valence-electron chi connectivity index (χ1n) is 5.72. The van der Waals surface area contributed by atoms with Crippen LogP contribution in [0.2, 0.25) is 0 Å². The van der Waals surface area contributed by atoms with E-state index in [2.05, 4.69) is 5.32 Å². The summed E-state index contributed by atoms with van der Waals surface area (Å²) in [5.74, 6) is -0.499. The molecule has 17 heavy (non-hydrogen) atoms. The molecule has 94 valence electrons. The normalized spacial score (nSPS) is 10.4. The number of halogens is 1. The predicted molar refractivity (Wildman–Crippen MR) is 66.6 cm³/mol. The van der Waals surface area contributed by atoms with Crippen LogP contribution in [0.4, 0.5) is 4.39 Å². The fourth-order valence-corrected chi connectivity index (χ4v) is 1.67. The van der Waals surface area contributed by atoms with Gasteiger partial charge in [-0.25, -0.2) is 4.39 Å². The number of amides is 1. The van der Waals surface area contributed by atoms with E-state index in [-0.39, 0.29) is 11.7 Å². The molecule has 0 saturated heterocycles. The summed E-state index contributed by atoms with van der Waals surface area (Å²) in [6.45, 7) is 3.30. The maximum atomic E-state index is 13.2. The van der Waals surface area contributed by atoms with Crippen molar-refractivity contribution in [1.82, 2.24) is 10.2 Å². The van der Waals surface area contributed by atoms with Gasteiger partial charge in [-0.2, -0.15) is 0 Å². The van der Waals surface area contributed by atoms with Gasteiger partial charge in [-0.05, 0) is 50.7 Å². The number of hydrogen-bond donors (Lipinski definition) is 1. The zero-order valence-corrected chi connectivity index (χ0v) is 10.6. The molecule has 0 aliphatic heterocycles. The molecule has 4 heteroatoms. The van der Waals surface area contributed by atoms with Crippen LogP contribution in [0.3, 0.4) is 0 Å². The van der Waals surface area contributed by atoms with Gasteiger partial charge in [0.2, 0.25) is 0 Å². The van der Waals surface area contributed by atoms with Crippen LogP contribution >= 0.6 is 0 Å². The van der Waals surface area contributed by atoms with E-state index in [4.69, 9.17) is 0 Å². The van der Waals surface area contributed by atoms with E-state index in [0.717, 1.165) is 18.5 Å². The van der Waals surface area contributed by atoms with Crippen molar-refractivity contribution < 1.29 is 9.18 Å². The van der Waals surface area contributed by atoms with Crippen molar-refractivity contribution >= 4 is 5.91 Å². The van der Waals surface area contributed by atoms with E-state index in [1.165, 1.54) is 12.1 Å². The molecule has 0 fully saturated rings. The molecule has 1 aromatic rings. The fourth-order valence-electron chi connectivity index (χ4n) is 1.67. The molecule has 0 saturated carbocycles. The molecule has 3 nitrogen and oxygen atoms in total. The van der Waals surface area contributed by atoms with E-state index in [9.17, 15) is 9.18 Å². The summed E-state index contributed by atoms with van der Waals surface area (Å²) in [5.41, 5.74) is 1.17. The minimum Gasteiger partial charge on any atom is -0.342 e. The van der Waals surface area contributed by atoms with E-state index in [1.807, 2.05) is 7.05 Å². The summed E-state index contributed by atoms with van der Waals surface area (Å²) < 4.78 is 13.2.